The van der Waals surface area contributed by atoms with Crippen LogP contribution in [0.4, 0.5) is 11.4 Å². The van der Waals surface area contributed by atoms with Crippen LogP contribution in [0.15, 0.2) is 12.1 Å². The molecule has 0 amide bonds. The first-order valence-corrected chi connectivity index (χ1v) is 7.22. The third-order valence-corrected chi connectivity index (χ3v) is 4.81. The Kier molecular flexibility index (Phi) is 2.58. The maximum atomic E-state index is 11.4. The highest BCUT2D eigenvalue weighted by Crippen LogP contribution is 2.40. The minimum absolute atomic E-state index is 0.263. The van der Waals surface area contributed by atoms with Gasteiger partial charge in [0.15, 0.2) is 0 Å². The Morgan fingerprint density at radius 2 is 1.26 bits per heavy atom. The van der Waals surface area contributed by atoms with Crippen LogP contribution >= 0.6 is 0 Å². The summed E-state index contributed by atoms with van der Waals surface area (Å²) in [5, 5.41) is 18.6. The fourth-order valence-electron chi connectivity index (χ4n) is 3.58. The van der Waals surface area contributed by atoms with E-state index in [9.17, 15) is 19.8 Å². The van der Waals surface area contributed by atoms with E-state index in [1.807, 2.05) is 0 Å². The zero-order chi connectivity index (χ0) is 16.5. The summed E-state index contributed by atoms with van der Waals surface area (Å²) in [7, 11) is 3.50. The number of rotatable bonds is 2. The Balaban J connectivity index is 1.83. The monoisotopic (exact) mass is 316 g/mol. The van der Waals surface area contributed by atoms with Crippen LogP contribution in [-0.2, 0) is 27.2 Å². The zero-order valence-electron chi connectivity index (χ0n) is 12.8. The van der Waals surface area contributed by atoms with Crippen LogP contribution in [0.3, 0.4) is 0 Å². The summed E-state index contributed by atoms with van der Waals surface area (Å²) in [4.78, 5) is 26.9. The summed E-state index contributed by atoms with van der Waals surface area (Å²) in [5.74, 6) is -1.89. The highest BCUT2D eigenvalue weighted by molar-refractivity contribution is 5.90. The first kappa shape index (κ1) is 13.7. The number of anilines is 2. The third-order valence-electron chi connectivity index (χ3n) is 4.81. The van der Waals surface area contributed by atoms with Crippen LogP contribution in [-0.4, -0.2) is 38.0 Å². The second kappa shape index (κ2) is 4.31. The molecule has 0 aromatic carbocycles. The van der Waals surface area contributed by atoms with Gasteiger partial charge in [-0.25, -0.2) is 9.59 Å². The summed E-state index contributed by atoms with van der Waals surface area (Å²) in [6.07, 6.45) is 0. The van der Waals surface area contributed by atoms with Crippen molar-refractivity contribution in [3.05, 3.63) is 34.9 Å². The van der Waals surface area contributed by atoms with E-state index in [1.165, 1.54) is 0 Å². The van der Waals surface area contributed by atoms with E-state index in [1.54, 1.807) is 35.4 Å². The number of carboxylic acid groups (broad SMARTS) is 2. The lowest BCUT2D eigenvalue weighted by molar-refractivity contribution is 0.0675. The van der Waals surface area contributed by atoms with Gasteiger partial charge in [-0.05, 0) is 12.1 Å². The Bertz CT molecular complexity index is 793. The summed E-state index contributed by atoms with van der Waals surface area (Å²) in [6.45, 7) is 1.75. The average Bonchev–Trinajstić information content (AvgIpc) is 2.99. The fourth-order valence-corrected chi connectivity index (χ4v) is 3.58. The summed E-state index contributed by atoms with van der Waals surface area (Å²) >= 11 is 0. The maximum absolute atomic E-state index is 11.4. The van der Waals surface area contributed by atoms with Gasteiger partial charge in [0.1, 0.15) is 11.4 Å². The highest BCUT2D eigenvalue weighted by Gasteiger charge is 2.35. The van der Waals surface area contributed by atoms with Gasteiger partial charge in [0.05, 0.1) is 42.5 Å². The number of hydrogen-bond acceptors (Lipinski definition) is 4. The molecule has 0 saturated heterocycles. The molecule has 2 aromatic heterocycles. The Labute approximate surface area is 131 Å². The van der Waals surface area contributed by atoms with Crippen LogP contribution in [0.25, 0.3) is 0 Å². The third kappa shape index (κ3) is 1.71. The first-order valence-electron chi connectivity index (χ1n) is 7.22. The predicted octanol–water partition coefficient (Wildman–Crippen LogP) is 1.06. The highest BCUT2D eigenvalue weighted by atomic mass is 16.4. The molecule has 4 heterocycles. The smallest absolute Gasteiger partial charge is 0.352 e. The van der Waals surface area contributed by atoms with Gasteiger partial charge >= 0.3 is 11.9 Å². The molecule has 0 atom stereocenters. The van der Waals surface area contributed by atoms with Crippen molar-refractivity contribution in [2.45, 2.75) is 13.1 Å². The van der Waals surface area contributed by atoms with Crippen molar-refractivity contribution in [1.29, 1.82) is 0 Å². The van der Waals surface area contributed by atoms with Crippen molar-refractivity contribution in [1.82, 2.24) is 9.13 Å². The molecule has 2 bridgehead atoms. The lowest BCUT2D eigenvalue weighted by Crippen LogP contribution is -2.46. The number of aromatic carboxylic acids is 2. The fraction of sp³-hybridized carbons (Fsp3) is 0.333. The maximum Gasteiger partial charge on any atom is 0.352 e. The molecule has 8 nitrogen and oxygen atoms in total. The van der Waals surface area contributed by atoms with Gasteiger partial charge in [-0.15, -0.1) is 0 Å². The van der Waals surface area contributed by atoms with Crippen LogP contribution in [0.2, 0.25) is 0 Å². The molecule has 0 radical (unpaired) electrons. The van der Waals surface area contributed by atoms with Gasteiger partial charge in [0, 0.05) is 14.1 Å². The number of carboxylic acids is 2. The largest absolute Gasteiger partial charge is 0.477 e. The predicted molar refractivity (Wildman–Crippen MR) is 82.0 cm³/mol. The normalized spacial score (nSPS) is 15.4. The summed E-state index contributed by atoms with van der Waals surface area (Å²) in [6, 6.07) is 3.39. The van der Waals surface area contributed by atoms with Crippen molar-refractivity contribution < 1.29 is 19.8 Å². The van der Waals surface area contributed by atoms with Gasteiger partial charge in [-0.2, -0.15) is 0 Å². The van der Waals surface area contributed by atoms with Crippen molar-refractivity contribution in [2.24, 2.45) is 14.1 Å². The molecule has 0 aliphatic carbocycles. The standard InChI is InChI=1S/C15H16N4O4/c1-16-10(14(20)21)3-8-12(16)5-18-7-19(8)6-13-9(18)4-11(15(22)23)17(13)2/h3-4H,5-7H2,1-2H3,(H,20,21)(H,22,23). The lowest BCUT2D eigenvalue weighted by atomic mass is 10.1. The molecular weight excluding hydrogens is 300 g/mol. The SMILES string of the molecule is Cn1c(C(=O)O)cc2c1CN1CN2Cc2c1cc(C(=O)O)n2C. The first-order chi connectivity index (χ1) is 10.9. The van der Waals surface area contributed by atoms with E-state index in [0.717, 1.165) is 22.8 Å². The van der Waals surface area contributed by atoms with Gasteiger partial charge in [-0.1, -0.05) is 0 Å². The number of carbonyl (C=O) groups is 2. The molecule has 0 unspecified atom stereocenters. The van der Waals surface area contributed by atoms with E-state index in [4.69, 9.17) is 0 Å². The number of nitrogens with zero attached hydrogens (tertiary/aromatic N) is 4. The Morgan fingerprint density at radius 1 is 0.870 bits per heavy atom. The van der Waals surface area contributed by atoms with Gasteiger partial charge < -0.3 is 29.1 Å². The topological polar surface area (TPSA) is 90.9 Å². The van der Waals surface area contributed by atoms with Gasteiger partial charge in [0.25, 0.3) is 0 Å². The molecule has 0 saturated carbocycles. The molecule has 2 aromatic rings. The van der Waals surface area contributed by atoms with Crippen LogP contribution < -0.4 is 9.80 Å². The summed E-state index contributed by atoms with van der Waals surface area (Å²) in [5.41, 5.74) is 4.20. The second-order valence-corrected chi connectivity index (χ2v) is 5.99. The lowest BCUT2D eigenvalue weighted by Gasteiger charge is -2.42. The Hall–Kier alpha value is -2.90. The van der Waals surface area contributed by atoms with E-state index >= 15 is 0 Å². The minimum atomic E-state index is -0.946. The second-order valence-electron chi connectivity index (χ2n) is 5.99. The molecule has 0 fully saturated rings. The van der Waals surface area contributed by atoms with Crippen LogP contribution in [0.1, 0.15) is 32.4 Å². The van der Waals surface area contributed by atoms with Gasteiger partial charge in [-0.3, -0.25) is 0 Å². The van der Waals surface area contributed by atoms with E-state index < -0.39 is 11.9 Å². The van der Waals surface area contributed by atoms with Crippen molar-refractivity contribution in [2.75, 3.05) is 16.5 Å². The molecule has 4 rings (SSSR count). The summed E-state index contributed by atoms with van der Waals surface area (Å²) < 4.78 is 3.39. The quantitative estimate of drug-likeness (QED) is 0.861. The van der Waals surface area contributed by atoms with E-state index in [2.05, 4.69) is 9.80 Å². The molecular formula is C15H16N4O4. The van der Waals surface area contributed by atoms with Crippen molar-refractivity contribution in [3.63, 3.8) is 0 Å². The molecule has 120 valence electrons. The van der Waals surface area contributed by atoms with Gasteiger partial charge in [0.2, 0.25) is 0 Å². The average molecular weight is 316 g/mol. The number of hydrogen-bond donors (Lipinski definition) is 2. The molecule has 2 N–H and O–H groups in total. The zero-order valence-corrected chi connectivity index (χ0v) is 12.8. The van der Waals surface area contributed by atoms with Crippen LogP contribution in [0, 0.1) is 0 Å². The van der Waals surface area contributed by atoms with Crippen LogP contribution in [0.5, 0.6) is 0 Å². The van der Waals surface area contributed by atoms with E-state index in [0.29, 0.717) is 19.8 Å². The minimum Gasteiger partial charge on any atom is -0.477 e. The Morgan fingerprint density at radius 3 is 1.61 bits per heavy atom. The van der Waals surface area contributed by atoms with E-state index in [-0.39, 0.29) is 11.4 Å². The van der Waals surface area contributed by atoms with Crippen molar-refractivity contribution >= 4 is 23.3 Å². The molecule has 2 aliphatic heterocycles. The molecule has 8 heteroatoms. The molecule has 2 aliphatic rings. The number of aromatic nitrogens is 2. The molecule has 23 heavy (non-hydrogen) atoms. The van der Waals surface area contributed by atoms with Crippen molar-refractivity contribution in [3.8, 4) is 0 Å². The number of fused-ring (bicyclic) bond motifs is 6. The molecule has 0 spiro atoms.